The van der Waals surface area contributed by atoms with Gasteiger partial charge in [0.05, 0.1) is 9.82 Å². The van der Waals surface area contributed by atoms with Gasteiger partial charge in [0.1, 0.15) is 5.82 Å². The number of nitro groups is 1. The highest BCUT2D eigenvalue weighted by molar-refractivity contribution is 7.90. The van der Waals surface area contributed by atoms with Gasteiger partial charge in [0, 0.05) is 50.8 Å². The molecule has 34 heavy (non-hydrogen) atoms. The molecule has 0 radical (unpaired) electrons. The largest absolute Gasteiger partial charge is 0.385 e. The topological polar surface area (TPSA) is 188 Å². The summed E-state index contributed by atoms with van der Waals surface area (Å²) in [7, 11) is -2.46. The van der Waals surface area contributed by atoms with Gasteiger partial charge in [-0.05, 0) is 18.4 Å². The van der Waals surface area contributed by atoms with E-state index in [9.17, 15) is 32.9 Å². The third kappa shape index (κ3) is 6.08. The fourth-order valence-electron chi connectivity index (χ4n) is 3.25. The monoisotopic (exact) mass is 497 g/mol. The lowest BCUT2D eigenvalue weighted by molar-refractivity contribution is -0.385. The van der Waals surface area contributed by atoms with Crippen molar-refractivity contribution in [1.29, 1.82) is 0 Å². The van der Waals surface area contributed by atoms with Crippen molar-refractivity contribution in [3.63, 3.8) is 0 Å². The van der Waals surface area contributed by atoms with E-state index in [0.717, 1.165) is 33.9 Å². The number of nitrogens with zero attached hydrogens (tertiary/aromatic N) is 3. The van der Waals surface area contributed by atoms with Crippen molar-refractivity contribution in [1.82, 2.24) is 9.55 Å². The van der Waals surface area contributed by atoms with E-state index in [1.165, 1.54) is 7.11 Å². The molecule has 1 heterocycles. The minimum atomic E-state index is -3.90. The molecule has 186 valence electrons. The maximum atomic E-state index is 13.5. The first-order chi connectivity index (χ1) is 15.8. The number of nitro benzene ring substituents is 1. The summed E-state index contributed by atoms with van der Waals surface area (Å²) >= 11 is 0. The number of anilines is 2. The van der Waals surface area contributed by atoms with E-state index in [4.69, 9.17) is 10.5 Å². The first-order valence-electron chi connectivity index (χ1n) is 10.2. The number of nitrogens with one attached hydrogen (secondary N) is 1. The number of benzene rings is 1. The second kappa shape index (κ2) is 10.6. The van der Waals surface area contributed by atoms with E-state index in [0.29, 0.717) is 0 Å². The molecule has 0 unspecified atom stereocenters. The summed E-state index contributed by atoms with van der Waals surface area (Å²) in [6.07, 6.45) is 1.10. The van der Waals surface area contributed by atoms with E-state index in [1.54, 1.807) is 0 Å². The first kappa shape index (κ1) is 26.7. The van der Waals surface area contributed by atoms with Crippen LogP contribution in [0.15, 0.2) is 32.7 Å². The molecule has 0 spiro atoms. The van der Waals surface area contributed by atoms with Crippen LogP contribution in [0.5, 0.6) is 0 Å². The molecule has 0 bridgehead atoms. The van der Waals surface area contributed by atoms with Crippen LogP contribution in [-0.4, -0.2) is 55.3 Å². The minimum Gasteiger partial charge on any atom is -0.385 e. The number of H-pyrrole nitrogens is 1. The number of hydrogen-bond donors (Lipinski definition) is 2. The second-order valence-corrected chi connectivity index (χ2v) is 10.1. The molecule has 1 aromatic heterocycles. The smallest absolute Gasteiger partial charge is 0.330 e. The lowest BCUT2D eigenvalue weighted by atomic mass is 10.1. The zero-order valence-electron chi connectivity index (χ0n) is 19.2. The van der Waals surface area contributed by atoms with Gasteiger partial charge in [-0.1, -0.05) is 13.8 Å². The van der Waals surface area contributed by atoms with Crippen LogP contribution < -0.4 is 21.9 Å². The van der Waals surface area contributed by atoms with E-state index < -0.39 is 42.5 Å². The number of aromatic amines is 1. The average Bonchev–Trinajstić information content (AvgIpc) is 2.74. The Kier molecular flexibility index (Phi) is 8.34. The fraction of sp³-hybridized carbons (Fsp3) is 0.450. The Morgan fingerprint density at radius 1 is 1.29 bits per heavy atom. The minimum absolute atomic E-state index is 0.0227. The first-order valence-corrected chi connectivity index (χ1v) is 12.1. The zero-order valence-corrected chi connectivity index (χ0v) is 20.0. The molecule has 14 heteroatoms. The Bertz CT molecular complexity index is 1310. The van der Waals surface area contributed by atoms with Gasteiger partial charge in [0.2, 0.25) is 0 Å². The maximum Gasteiger partial charge on any atom is 0.330 e. The summed E-state index contributed by atoms with van der Waals surface area (Å²) in [5.74, 6) is -1.19. The van der Waals surface area contributed by atoms with Crippen LogP contribution in [0, 0.1) is 16.0 Å². The van der Waals surface area contributed by atoms with Crippen molar-refractivity contribution in [2.45, 2.75) is 31.7 Å². The summed E-state index contributed by atoms with van der Waals surface area (Å²) in [6, 6.07) is 2.74. The number of ether oxygens (including phenoxy) is 1. The van der Waals surface area contributed by atoms with Crippen LogP contribution in [0.1, 0.15) is 30.6 Å². The summed E-state index contributed by atoms with van der Waals surface area (Å²) in [4.78, 5) is 51.7. The highest BCUT2D eigenvalue weighted by Gasteiger charge is 2.28. The van der Waals surface area contributed by atoms with Crippen molar-refractivity contribution in [2.75, 3.05) is 37.2 Å². The second-order valence-electron chi connectivity index (χ2n) is 8.05. The van der Waals surface area contributed by atoms with E-state index in [1.807, 2.05) is 13.8 Å². The Morgan fingerprint density at radius 3 is 2.47 bits per heavy atom. The highest BCUT2D eigenvalue weighted by Crippen LogP contribution is 2.25. The molecule has 0 saturated heterocycles. The van der Waals surface area contributed by atoms with Crippen molar-refractivity contribution in [3.8, 4) is 0 Å². The van der Waals surface area contributed by atoms with Gasteiger partial charge in [-0.2, -0.15) is 0 Å². The number of non-ortho nitro benzene ring substituents is 1. The van der Waals surface area contributed by atoms with Crippen molar-refractivity contribution >= 4 is 32.9 Å². The number of nitrogen functional groups attached to an aromatic ring is 1. The predicted octanol–water partition coefficient (Wildman–Crippen LogP) is 0.770. The SMILES string of the molecule is COCCCN(C(=O)c1cc([N+](=O)[O-])cc(S(C)(=O)=O)c1)c1c(N)n(CC(C)C)c(=O)[nH]c1=O. The Morgan fingerprint density at radius 2 is 1.94 bits per heavy atom. The number of amides is 1. The summed E-state index contributed by atoms with van der Waals surface area (Å²) in [6.45, 7) is 3.92. The van der Waals surface area contributed by atoms with Crippen LogP contribution in [0.2, 0.25) is 0 Å². The van der Waals surface area contributed by atoms with Crippen LogP contribution in [0.3, 0.4) is 0 Å². The van der Waals surface area contributed by atoms with E-state index in [-0.39, 0.29) is 49.1 Å². The van der Waals surface area contributed by atoms with Crippen LogP contribution in [0.4, 0.5) is 17.2 Å². The summed E-state index contributed by atoms with van der Waals surface area (Å²) in [5.41, 5.74) is 3.18. The number of aromatic nitrogens is 2. The fourth-order valence-corrected chi connectivity index (χ4v) is 3.92. The Hall–Kier alpha value is -3.52. The van der Waals surface area contributed by atoms with Crippen LogP contribution in [0.25, 0.3) is 0 Å². The number of sulfone groups is 1. The number of carbonyl (C=O) groups excluding carboxylic acids is 1. The van der Waals surface area contributed by atoms with Crippen molar-refractivity contribution < 1.29 is 22.9 Å². The van der Waals surface area contributed by atoms with Gasteiger partial charge in [-0.15, -0.1) is 0 Å². The lowest BCUT2D eigenvalue weighted by Crippen LogP contribution is -2.42. The highest BCUT2D eigenvalue weighted by atomic mass is 32.2. The molecule has 1 aromatic carbocycles. The normalized spacial score (nSPS) is 11.6. The molecular formula is C20H27N5O8S. The molecule has 2 rings (SSSR count). The summed E-state index contributed by atoms with van der Waals surface area (Å²) in [5, 5.41) is 11.4. The molecule has 2 aromatic rings. The molecular weight excluding hydrogens is 470 g/mol. The molecule has 1 amide bonds. The predicted molar refractivity (Wildman–Crippen MR) is 125 cm³/mol. The van der Waals surface area contributed by atoms with Gasteiger partial charge in [0.15, 0.2) is 15.5 Å². The van der Waals surface area contributed by atoms with Gasteiger partial charge in [-0.25, -0.2) is 13.2 Å². The maximum absolute atomic E-state index is 13.5. The average molecular weight is 498 g/mol. The third-order valence-electron chi connectivity index (χ3n) is 4.78. The number of carbonyl (C=O) groups is 1. The summed E-state index contributed by atoms with van der Waals surface area (Å²) < 4.78 is 30.2. The van der Waals surface area contributed by atoms with Crippen LogP contribution >= 0.6 is 0 Å². The quantitative estimate of drug-likeness (QED) is 0.271. The van der Waals surface area contributed by atoms with Gasteiger partial charge < -0.3 is 15.4 Å². The third-order valence-corrected chi connectivity index (χ3v) is 5.88. The van der Waals surface area contributed by atoms with Gasteiger partial charge >= 0.3 is 5.69 Å². The molecule has 0 aliphatic carbocycles. The van der Waals surface area contributed by atoms with Gasteiger partial charge in [0.25, 0.3) is 17.2 Å². The van der Waals surface area contributed by atoms with Crippen molar-refractivity contribution in [2.24, 2.45) is 5.92 Å². The Balaban J connectivity index is 2.76. The molecule has 0 atom stereocenters. The lowest BCUT2D eigenvalue weighted by Gasteiger charge is -2.25. The number of methoxy groups -OCH3 is 1. The number of rotatable bonds is 10. The molecule has 3 N–H and O–H groups in total. The number of nitrogens with two attached hydrogens (primary N) is 1. The molecule has 0 aliphatic heterocycles. The Labute approximate surface area is 195 Å². The van der Waals surface area contributed by atoms with E-state index >= 15 is 0 Å². The van der Waals surface area contributed by atoms with E-state index in [2.05, 4.69) is 4.98 Å². The molecule has 13 nitrogen and oxygen atoms in total. The zero-order chi connectivity index (χ0) is 25.8. The van der Waals surface area contributed by atoms with Crippen LogP contribution in [-0.2, 0) is 21.1 Å². The molecule has 0 fully saturated rings. The standard InChI is InChI=1S/C20H27N5O8S/c1-12(2)11-24-17(21)16(18(26)22-20(24)28)23(6-5-7-33-3)19(27)13-8-14(25(29)30)10-15(9-13)34(4,31)32/h8-10,12H,5-7,11,21H2,1-4H3,(H,22,26,28). The van der Waals surface area contributed by atoms with Gasteiger partial charge in [-0.3, -0.25) is 29.3 Å². The molecule has 0 aliphatic rings. The van der Waals surface area contributed by atoms with Crippen molar-refractivity contribution in [3.05, 3.63) is 54.7 Å². The molecule has 0 saturated carbocycles. The number of hydrogen-bond acceptors (Lipinski definition) is 9.